The fourth-order valence-corrected chi connectivity index (χ4v) is 2.66. The number of nitrogens with two attached hydrogens (primary N) is 1. The highest BCUT2D eigenvalue weighted by Gasteiger charge is 2.16. The summed E-state index contributed by atoms with van der Waals surface area (Å²) in [5.41, 5.74) is 9.50. The summed E-state index contributed by atoms with van der Waals surface area (Å²) in [7, 11) is 0. The summed E-state index contributed by atoms with van der Waals surface area (Å²) in [5.74, 6) is 0.842. The van der Waals surface area contributed by atoms with E-state index in [1.807, 2.05) is 6.07 Å². The molecule has 0 fully saturated rings. The maximum atomic E-state index is 13.7. The molecule has 2 N–H and O–H groups in total. The highest BCUT2D eigenvalue weighted by molar-refractivity contribution is 5.59. The van der Waals surface area contributed by atoms with Crippen LogP contribution in [0, 0.1) is 12.7 Å². The van der Waals surface area contributed by atoms with Crippen molar-refractivity contribution in [3.63, 3.8) is 0 Å². The van der Waals surface area contributed by atoms with Crippen LogP contribution >= 0.6 is 0 Å². The van der Waals surface area contributed by atoms with Crippen molar-refractivity contribution < 1.29 is 4.39 Å². The molecule has 1 aromatic heterocycles. The van der Waals surface area contributed by atoms with E-state index in [2.05, 4.69) is 9.97 Å². The Morgan fingerprint density at radius 3 is 2.70 bits per heavy atom. The molecule has 0 atom stereocenters. The molecular weight excluding hydrogens is 253 g/mol. The first kappa shape index (κ1) is 13.0. The number of nitrogens with zero attached hydrogens (tertiary/aromatic N) is 2. The molecule has 20 heavy (non-hydrogen) atoms. The summed E-state index contributed by atoms with van der Waals surface area (Å²) in [6.07, 6.45) is 5.35. The summed E-state index contributed by atoms with van der Waals surface area (Å²) in [6.45, 7) is 1.74. The molecule has 0 radical (unpaired) electrons. The lowest BCUT2D eigenvalue weighted by atomic mass is 10.1. The minimum atomic E-state index is -0.236. The van der Waals surface area contributed by atoms with Crippen LogP contribution in [0.2, 0.25) is 0 Å². The average Bonchev–Trinajstić information content (AvgIpc) is 2.67. The number of hydrogen-bond donors (Lipinski definition) is 1. The minimum absolute atomic E-state index is 0.236. The van der Waals surface area contributed by atoms with Crippen molar-refractivity contribution in [1.29, 1.82) is 0 Å². The van der Waals surface area contributed by atoms with Crippen LogP contribution in [0.15, 0.2) is 18.2 Å². The summed E-state index contributed by atoms with van der Waals surface area (Å²) in [6, 6.07) is 5.07. The zero-order chi connectivity index (χ0) is 14.1. The molecule has 1 aromatic carbocycles. The molecule has 0 aliphatic heterocycles. The average molecular weight is 271 g/mol. The van der Waals surface area contributed by atoms with E-state index < -0.39 is 0 Å². The van der Waals surface area contributed by atoms with Gasteiger partial charge in [-0.05, 0) is 44.2 Å². The van der Waals surface area contributed by atoms with Crippen LogP contribution in [0.3, 0.4) is 0 Å². The Morgan fingerprint density at radius 2 is 1.90 bits per heavy atom. The molecule has 0 saturated carbocycles. The molecule has 0 spiro atoms. The van der Waals surface area contributed by atoms with Crippen molar-refractivity contribution in [1.82, 2.24) is 9.97 Å². The van der Waals surface area contributed by atoms with E-state index in [0.29, 0.717) is 22.8 Å². The fraction of sp³-hybridized carbons (Fsp3) is 0.375. The second-order valence-electron chi connectivity index (χ2n) is 5.38. The SMILES string of the molecule is Cc1ccc(-c2nc(N)c3c(n2)CCCCC3)cc1F. The molecule has 104 valence electrons. The molecule has 1 heterocycles. The first-order chi connectivity index (χ1) is 9.65. The van der Waals surface area contributed by atoms with Crippen LogP contribution in [0.1, 0.15) is 36.1 Å². The van der Waals surface area contributed by atoms with E-state index >= 15 is 0 Å². The van der Waals surface area contributed by atoms with Crippen molar-refractivity contribution in [2.45, 2.75) is 39.0 Å². The number of fused-ring (bicyclic) bond motifs is 1. The minimum Gasteiger partial charge on any atom is -0.383 e. The largest absolute Gasteiger partial charge is 0.383 e. The van der Waals surface area contributed by atoms with Gasteiger partial charge in [-0.2, -0.15) is 0 Å². The Hall–Kier alpha value is -1.97. The second-order valence-corrected chi connectivity index (χ2v) is 5.38. The van der Waals surface area contributed by atoms with Gasteiger partial charge in [-0.15, -0.1) is 0 Å². The molecule has 1 aliphatic carbocycles. The monoisotopic (exact) mass is 271 g/mol. The van der Waals surface area contributed by atoms with Gasteiger partial charge in [0.05, 0.1) is 0 Å². The first-order valence-electron chi connectivity index (χ1n) is 7.07. The molecule has 0 saturated heterocycles. The number of halogens is 1. The lowest BCUT2D eigenvalue weighted by Crippen LogP contribution is -2.06. The third kappa shape index (κ3) is 2.38. The molecule has 0 bridgehead atoms. The third-order valence-electron chi connectivity index (χ3n) is 3.90. The topological polar surface area (TPSA) is 51.8 Å². The van der Waals surface area contributed by atoms with Gasteiger partial charge in [-0.25, -0.2) is 14.4 Å². The number of benzene rings is 1. The number of anilines is 1. The van der Waals surface area contributed by atoms with Crippen LogP contribution in [-0.4, -0.2) is 9.97 Å². The number of aromatic nitrogens is 2. The second kappa shape index (κ2) is 5.19. The lowest BCUT2D eigenvalue weighted by Gasteiger charge is -2.10. The van der Waals surface area contributed by atoms with Gasteiger partial charge in [0.1, 0.15) is 11.6 Å². The molecule has 3 nitrogen and oxygen atoms in total. The number of hydrogen-bond acceptors (Lipinski definition) is 3. The molecular formula is C16H18FN3. The van der Waals surface area contributed by atoms with Gasteiger partial charge in [0.15, 0.2) is 5.82 Å². The van der Waals surface area contributed by atoms with E-state index in [4.69, 9.17) is 5.73 Å². The number of aryl methyl sites for hydroxylation is 2. The molecule has 1 aliphatic rings. The Balaban J connectivity index is 2.08. The van der Waals surface area contributed by atoms with Crippen molar-refractivity contribution in [2.75, 3.05) is 5.73 Å². The van der Waals surface area contributed by atoms with Crippen LogP contribution < -0.4 is 5.73 Å². The van der Waals surface area contributed by atoms with Crippen LogP contribution in [0.4, 0.5) is 10.2 Å². The standard InChI is InChI=1S/C16H18FN3/c1-10-7-8-11(9-13(10)17)16-19-14-6-4-2-3-5-12(14)15(18)20-16/h7-9H,2-6H2,1H3,(H2,18,19,20). The summed E-state index contributed by atoms with van der Waals surface area (Å²) in [4.78, 5) is 8.99. The fourth-order valence-electron chi connectivity index (χ4n) is 2.66. The van der Waals surface area contributed by atoms with Gasteiger partial charge in [0.2, 0.25) is 0 Å². The first-order valence-corrected chi connectivity index (χ1v) is 7.07. The molecule has 2 aromatic rings. The van der Waals surface area contributed by atoms with Gasteiger partial charge in [-0.3, -0.25) is 0 Å². The van der Waals surface area contributed by atoms with E-state index in [1.54, 1.807) is 13.0 Å². The third-order valence-corrected chi connectivity index (χ3v) is 3.90. The van der Waals surface area contributed by atoms with Gasteiger partial charge in [0.25, 0.3) is 0 Å². The van der Waals surface area contributed by atoms with Crippen LogP contribution in [0.25, 0.3) is 11.4 Å². The maximum absolute atomic E-state index is 13.7. The van der Waals surface area contributed by atoms with Crippen molar-refractivity contribution in [3.8, 4) is 11.4 Å². The van der Waals surface area contributed by atoms with Crippen molar-refractivity contribution in [2.24, 2.45) is 0 Å². The number of nitrogen functional groups attached to an aromatic ring is 1. The van der Waals surface area contributed by atoms with Crippen LogP contribution in [-0.2, 0) is 12.8 Å². The molecule has 0 amide bonds. The maximum Gasteiger partial charge on any atom is 0.161 e. The van der Waals surface area contributed by atoms with E-state index in [0.717, 1.165) is 36.9 Å². The summed E-state index contributed by atoms with van der Waals surface area (Å²) < 4.78 is 13.7. The zero-order valence-corrected chi connectivity index (χ0v) is 11.6. The molecule has 3 rings (SSSR count). The highest BCUT2D eigenvalue weighted by atomic mass is 19.1. The Morgan fingerprint density at radius 1 is 1.10 bits per heavy atom. The van der Waals surface area contributed by atoms with Crippen molar-refractivity contribution >= 4 is 5.82 Å². The predicted molar refractivity (Wildman–Crippen MR) is 77.8 cm³/mol. The van der Waals surface area contributed by atoms with Gasteiger partial charge < -0.3 is 5.73 Å². The van der Waals surface area contributed by atoms with E-state index in [9.17, 15) is 4.39 Å². The predicted octanol–water partition coefficient (Wildman–Crippen LogP) is 3.44. The number of rotatable bonds is 1. The molecule has 0 unspecified atom stereocenters. The Kier molecular flexibility index (Phi) is 3.38. The van der Waals surface area contributed by atoms with Gasteiger partial charge in [-0.1, -0.05) is 18.6 Å². The normalized spacial score (nSPS) is 14.7. The van der Waals surface area contributed by atoms with Gasteiger partial charge in [0, 0.05) is 16.8 Å². The summed E-state index contributed by atoms with van der Waals surface area (Å²) in [5, 5.41) is 0. The van der Waals surface area contributed by atoms with Gasteiger partial charge >= 0.3 is 0 Å². The quantitative estimate of drug-likeness (QED) is 0.808. The van der Waals surface area contributed by atoms with Crippen LogP contribution in [0.5, 0.6) is 0 Å². The molecule has 4 heteroatoms. The lowest BCUT2D eigenvalue weighted by molar-refractivity contribution is 0.619. The Labute approximate surface area is 118 Å². The Bertz CT molecular complexity index is 652. The smallest absolute Gasteiger partial charge is 0.161 e. The van der Waals surface area contributed by atoms with E-state index in [1.165, 1.54) is 12.5 Å². The highest BCUT2D eigenvalue weighted by Crippen LogP contribution is 2.26. The summed E-state index contributed by atoms with van der Waals surface area (Å²) >= 11 is 0. The zero-order valence-electron chi connectivity index (χ0n) is 11.6. The van der Waals surface area contributed by atoms with E-state index in [-0.39, 0.29) is 5.82 Å². The van der Waals surface area contributed by atoms with Crippen molar-refractivity contribution in [3.05, 3.63) is 40.8 Å².